The molecule has 0 amide bonds. The maximum Gasteiger partial charge on any atom is 0.338 e. The molecule has 6 heteroatoms. The van der Waals surface area contributed by atoms with Gasteiger partial charge in [0.05, 0.1) is 18.8 Å². The van der Waals surface area contributed by atoms with Crippen molar-refractivity contribution in [2.24, 2.45) is 23.7 Å². The molecule has 2 saturated heterocycles. The zero-order valence-corrected chi connectivity index (χ0v) is 26.5. The van der Waals surface area contributed by atoms with Gasteiger partial charge in [0, 0.05) is 0 Å². The third kappa shape index (κ3) is 8.39. The predicted octanol–water partition coefficient (Wildman–Crippen LogP) is 7.78. The molecule has 2 aliphatic carbocycles. The maximum absolute atomic E-state index is 12.9. The lowest BCUT2D eigenvalue weighted by atomic mass is 9.80. The highest BCUT2D eigenvalue weighted by molar-refractivity contribution is 5.89. The van der Waals surface area contributed by atoms with Crippen LogP contribution >= 0.6 is 0 Å². The number of ether oxygens (including phenoxy) is 3. The zero-order chi connectivity index (χ0) is 30.3. The van der Waals surface area contributed by atoms with Gasteiger partial charge in [0.2, 0.25) is 0 Å². The molecule has 4 aliphatic rings. The van der Waals surface area contributed by atoms with Gasteiger partial charge in [-0.3, -0.25) is 0 Å². The van der Waals surface area contributed by atoms with E-state index in [1.54, 1.807) is 0 Å². The molecule has 238 valence electrons. The van der Waals surface area contributed by atoms with E-state index in [0.717, 1.165) is 35.7 Å². The summed E-state index contributed by atoms with van der Waals surface area (Å²) in [5.74, 6) is 3.00. The van der Waals surface area contributed by atoms with Crippen molar-refractivity contribution in [2.75, 3.05) is 19.8 Å². The molecule has 0 bridgehead atoms. The van der Waals surface area contributed by atoms with Crippen LogP contribution in [0.3, 0.4) is 0 Å². The Morgan fingerprint density at radius 3 is 1.84 bits per heavy atom. The summed E-state index contributed by atoms with van der Waals surface area (Å²) in [6.07, 6.45) is 15.5. The van der Waals surface area contributed by atoms with Gasteiger partial charge in [-0.1, -0.05) is 88.1 Å². The Hall–Kier alpha value is -2.51. The Morgan fingerprint density at radius 2 is 1.25 bits per heavy atom. The fraction of sp³-hybridized carbons (Fsp3) is 0.605. The minimum atomic E-state index is -0.463. The van der Waals surface area contributed by atoms with Crippen LogP contribution in [0.4, 0.5) is 0 Å². The Bertz CT molecular complexity index is 1210. The molecule has 6 nitrogen and oxygen atoms in total. The van der Waals surface area contributed by atoms with Gasteiger partial charge in [0.15, 0.2) is 6.10 Å². The van der Waals surface area contributed by atoms with Crippen LogP contribution in [0.2, 0.25) is 0 Å². The summed E-state index contributed by atoms with van der Waals surface area (Å²) in [4.78, 5) is 24.0. The van der Waals surface area contributed by atoms with E-state index in [0.29, 0.717) is 18.8 Å². The molecule has 0 spiro atoms. The zero-order valence-electron chi connectivity index (χ0n) is 26.5. The molecule has 0 aromatic heterocycles. The third-order valence-corrected chi connectivity index (χ3v) is 10.4. The van der Waals surface area contributed by atoms with Gasteiger partial charge in [-0.25, -0.2) is 14.6 Å². The van der Waals surface area contributed by atoms with Crippen molar-refractivity contribution in [3.8, 4) is 0 Å². The van der Waals surface area contributed by atoms with Crippen molar-refractivity contribution in [3.63, 3.8) is 0 Å². The first-order valence-electron chi connectivity index (χ1n) is 17.1. The number of fused-ring (bicyclic) bond motifs is 1. The average molecular weight is 603 g/mol. The number of rotatable bonds is 11. The van der Waals surface area contributed by atoms with Gasteiger partial charge in [-0.05, 0) is 91.0 Å². The van der Waals surface area contributed by atoms with E-state index in [9.17, 15) is 4.79 Å². The van der Waals surface area contributed by atoms with Crippen LogP contribution < -0.4 is 0 Å². The van der Waals surface area contributed by atoms with Crippen LogP contribution in [0.15, 0.2) is 54.6 Å². The van der Waals surface area contributed by atoms with Crippen LogP contribution in [0.1, 0.15) is 92.3 Å². The largest absolute Gasteiger partial charge is 0.453 e. The second kappa shape index (κ2) is 15.2. The fourth-order valence-electron chi connectivity index (χ4n) is 7.44. The monoisotopic (exact) mass is 602 g/mol. The average Bonchev–Trinajstić information content (AvgIpc) is 3.63. The van der Waals surface area contributed by atoms with E-state index in [1.165, 1.54) is 68.9 Å². The van der Waals surface area contributed by atoms with Crippen LogP contribution in [-0.2, 0) is 36.8 Å². The lowest BCUT2D eigenvalue weighted by Gasteiger charge is -2.26. The number of hydrogen-bond acceptors (Lipinski definition) is 6. The molecule has 2 saturated carbocycles. The van der Waals surface area contributed by atoms with E-state index in [4.69, 9.17) is 24.0 Å². The minimum Gasteiger partial charge on any atom is -0.453 e. The van der Waals surface area contributed by atoms with Crippen molar-refractivity contribution in [2.45, 2.75) is 102 Å². The smallest absolute Gasteiger partial charge is 0.338 e. The fourth-order valence-corrected chi connectivity index (χ4v) is 7.44. The molecule has 4 atom stereocenters. The van der Waals surface area contributed by atoms with Gasteiger partial charge in [0.1, 0.15) is 24.9 Å². The first-order chi connectivity index (χ1) is 21.5. The van der Waals surface area contributed by atoms with Crippen molar-refractivity contribution >= 4 is 12.0 Å². The Kier molecular flexibility index (Phi) is 10.9. The van der Waals surface area contributed by atoms with Crippen LogP contribution in [0, 0.1) is 23.7 Å². The molecule has 0 radical (unpaired) electrons. The topological polar surface area (TPSA) is 63.2 Å². The predicted molar refractivity (Wildman–Crippen MR) is 171 cm³/mol. The molecule has 2 aromatic carbocycles. The van der Waals surface area contributed by atoms with Gasteiger partial charge in [-0.2, -0.15) is 0 Å². The van der Waals surface area contributed by atoms with Crippen molar-refractivity contribution in [1.29, 1.82) is 0 Å². The molecule has 4 fully saturated rings. The standard InChI is InChI=1S/C38H50O6/c1-26-5-9-29(10-6-26)22-31-15-13-28(14-16-31)4-3-21-42-44-35-25-41-36-34(24-40-37(35)36)43-38(39)33-19-17-32(18-20-33)23-30-11-7-27(2)8-12-30/h3-4,13-20,26-27,29-30,34-37H,5-12,21-25H2,1-2H3/b4-3+/t26?,27?,29?,30?,34?,35-,36+,37+/m0/s1. The Labute approximate surface area is 263 Å². The normalized spacial score (nSPS) is 32.1. The summed E-state index contributed by atoms with van der Waals surface area (Å²) >= 11 is 0. The lowest BCUT2D eigenvalue weighted by molar-refractivity contribution is -0.326. The van der Waals surface area contributed by atoms with Gasteiger partial charge in [-0.15, -0.1) is 0 Å². The third-order valence-electron chi connectivity index (χ3n) is 10.4. The van der Waals surface area contributed by atoms with Crippen LogP contribution in [0.25, 0.3) is 6.08 Å². The van der Waals surface area contributed by atoms with Gasteiger partial charge in [0.25, 0.3) is 0 Å². The quantitative estimate of drug-likeness (QED) is 0.113. The van der Waals surface area contributed by atoms with E-state index >= 15 is 0 Å². The maximum atomic E-state index is 12.9. The molecule has 1 unspecified atom stereocenters. The Morgan fingerprint density at radius 1 is 0.727 bits per heavy atom. The molecule has 6 rings (SSSR count). The van der Waals surface area contributed by atoms with Gasteiger partial charge >= 0.3 is 5.97 Å². The van der Waals surface area contributed by atoms with Crippen LogP contribution in [0.5, 0.6) is 0 Å². The van der Waals surface area contributed by atoms with Crippen molar-refractivity contribution < 1.29 is 28.8 Å². The lowest BCUT2D eigenvalue weighted by Crippen LogP contribution is -2.35. The number of esters is 1. The highest BCUT2D eigenvalue weighted by Crippen LogP contribution is 2.33. The number of hydrogen-bond donors (Lipinski definition) is 0. The molecular weight excluding hydrogens is 552 g/mol. The number of carbonyl (C=O) groups is 1. The van der Waals surface area contributed by atoms with E-state index in [-0.39, 0.29) is 30.9 Å². The SMILES string of the molecule is CC1CCC(Cc2ccc(/C=C/COO[C@H]3CO[C@@H]4C(OC(=O)c5ccc(CC6CCC(C)CC6)cc5)CO[C@H]34)cc2)CC1. The summed E-state index contributed by atoms with van der Waals surface area (Å²) in [7, 11) is 0. The van der Waals surface area contributed by atoms with Crippen molar-refractivity contribution in [1.82, 2.24) is 0 Å². The van der Waals surface area contributed by atoms with E-state index in [2.05, 4.69) is 50.2 Å². The second-order valence-corrected chi connectivity index (χ2v) is 14.0. The molecule has 2 aliphatic heterocycles. The molecule has 2 aromatic rings. The minimum absolute atomic E-state index is 0.287. The molecular formula is C38H50O6. The molecule has 44 heavy (non-hydrogen) atoms. The summed E-state index contributed by atoms with van der Waals surface area (Å²) in [6.45, 7) is 5.67. The molecule has 0 N–H and O–H groups in total. The Balaban J connectivity index is 0.890. The first kappa shape index (κ1) is 31.5. The first-order valence-corrected chi connectivity index (χ1v) is 17.1. The highest BCUT2D eigenvalue weighted by Gasteiger charge is 2.50. The van der Waals surface area contributed by atoms with Crippen molar-refractivity contribution in [3.05, 3.63) is 76.9 Å². The number of carbonyl (C=O) groups excluding carboxylic acids is 1. The second-order valence-electron chi connectivity index (χ2n) is 14.0. The van der Waals surface area contributed by atoms with E-state index in [1.807, 2.05) is 24.3 Å². The van der Waals surface area contributed by atoms with Crippen LogP contribution in [-0.4, -0.2) is 50.2 Å². The highest BCUT2D eigenvalue weighted by atomic mass is 17.2. The number of benzene rings is 2. The summed E-state index contributed by atoms with van der Waals surface area (Å²) < 4.78 is 17.7. The van der Waals surface area contributed by atoms with Gasteiger partial charge < -0.3 is 14.2 Å². The van der Waals surface area contributed by atoms with E-state index < -0.39 is 6.10 Å². The summed E-state index contributed by atoms with van der Waals surface area (Å²) in [5.41, 5.74) is 4.42. The molecule has 2 heterocycles. The summed E-state index contributed by atoms with van der Waals surface area (Å²) in [6, 6.07) is 16.7. The summed E-state index contributed by atoms with van der Waals surface area (Å²) in [5, 5.41) is 0.